The van der Waals surface area contributed by atoms with Crippen LogP contribution in [-0.2, 0) is 6.42 Å². The first kappa shape index (κ1) is 30.9. The van der Waals surface area contributed by atoms with Crippen LogP contribution in [-0.4, -0.2) is 11.2 Å². The largest absolute Gasteiger partial charge is 0.493 e. The Kier molecular flexibility index (Phi) is 7.62. The van der Waals surface area contributed by atoms with Crippen molar-refractivity contribution in [2.75, 3.05) is 11.5 Å². The fourth-order valence-corrected chi connectivity index (χ4v) is 7.86. The summed E-state index contributed by atoms with van der Waals surface area (Å²) in [5.74, 6) is 1.01. The summed E-state index contributed by atoms with van der Waals surface area (Å²) in [4.78, 5) is 2.34. The molecule has 0 unspecified atom stereocenters. The van der Waals surface area contributed by atoms with Gasteiger partial charge in [-0.05, 0) is 118 Å². The van der Waals surface area contributed by atoms with E-state index in [1.54, 1.807) is 0 Å². The predicted octanol–water partition coefficient (Wildman–Crippen LogP) is 13.2. The highest BCUT2D eigenvalue weighted by atomic mass is 16.5. The molecule has 0 saturated carbocycles. The number of hydrogen-bond donors (Lipinski definition) is 0. The quantitative estimate of drug-likeness (QED) is 0.167. The first-order valence-corrected chi connectivity index (χ1v) is 18.3. The Morgan fingerprint density at radius 1 is 0.396 bits per heavy atom. The molecule has 252 valence electrons. The van der Waals surface area contributed by atoms with E-state index in [-0.39, 0.29) is 0 Å². The molecule has 1 aromatic heterocycles. The first-order chi connectivity index (χ1) is 26.3. The molecule has 1 aliphatic heterocycles. The van der Waals surface area contributed by atoms with E-state index in [1.807, 2.05) is 0 Å². The van der Waals surface area contributed by atoms with Crippen LogP contribution in [0.1, 0.15) is 5.56 Å². The Balaban J connectivity index is 1.02. The highest BCUT2D eigenvalue weighted by molar-refractivity contribution is 6.10. The number of rotatable bonds is 7. The van der Waals surface area contributed by atoms with Gasteiger partial charge in [0.25, 0.3) is 0 Å². The molecule has 0 bridgehead atoms. The lowest BCUT2D eigenvalue weighted by molar-refractivity contribution is 0.357. The molecule has 0 fully saturated rings. The molecule has 9 aromatic rings. The molecule has 0 N–H and O–H groups in total. The maximum atomic E-state index is 5.76. The monoisotopic (exact) mass is 680 g/mol. The number of ether oxygens (including phenoxy) is 1. The van der Waals surface area contributed by atoms with Crippen LogP contribution in [0.5, 0.6) is 5.75 Å². The smallest absolute Gasteiger partial charge is 0.122 e. The zero-order chi connectivity index (χ0) is 35.1. The minimum atomic E-state index is 0.766. The Morgan fingerprint density at radius 2 is 0.887 bits per heavy atom. The summed E-state index contributed by atoms with van der Waals surface area (Å²) in [5.41, 5.74) is 15.4. The van der Waals surface area contributed by atoms with Gasteiger partial charge in [-0.2, -0.15) is 0 Å². The summed E-state index contributed by atoms with van der Waals surface area (Å²) < 4.78 is 8.12. The number of nitrogens with zero attached hydrogens (tertiary/aromatic N) is 2. The minimum Gasteiger partial charge on any atom is -0.493 e. The fraction of sp³-hybridized carbons (Fsp3) is 0.0400. The summed E-state index contributed by atoms with van der Waals surface area (Å²) in [7, 11) is 0. The van der Waals surface area contributed by atoms with Gasteiger partial charge in [0, 0.05) is 39.9 Å². The molecule has 3 heteroatoms. The van der Waals surface area contributed by atoms with Crippen molar-refractivity contribution in [3.05, 3.63) is 200 Å². The van der Waals surface area contributed by atoms with Crippen molar-refractivity contribution >= 4 is 38.9 Å². The van der Waals surface area contributed by atoms with E-state index in [2.05, 4.69) is 204 Å². The molecular formula is C50H36N2O. The third kappa shape index (κ3) is 5.64. The maximum Gasteiger partial charge on any atom is 0.122 e. The highest BCUT2D eigenvalue weighted by Crippen LogP contribution is 2.40. The standard InChI is InChI=1S/C50H36N2O/c1-3-9-35(10-4-1)36-15-23-43(24-16-36)51(44-25-17-37(18-26-44)39-22-30-50-41(33-39)31-32-53-50)45-27-19-38(20-28-45)40-21-29-49-47(34-40)46-13-7-8-14-48(46)52(49)42-11-5-2-6-12-42/h1-30,33-34H,31-32H2. The van der Waals surface area contributed by atoms with Crippen LogP contribution in [0.3, 0.4) is 0 Å². The molecule has 0 spiro atoms. The van der Waals surface area contributed by atoms with E-state index < -0.39 is 0 Å². The fourth-order valence-electron chi connectivity index (χ4n) is 7.86. The topological polar surface area (TPSA) is 17.4 Å². The number of fused-ring (bicyclic) bond motifs is 4. The lowest BCUT2D eigenvalue weighted by Gasteiger charge is -2.26. The zero-order valence-electron chi connectivity index (χ0n) is 29.2. The summed E-state index contributed by atoms with van der Waals surface area (Å²) in [5, 5.41) is 2.51. The Hall–Kier alpha value is -6.84. The van der Waals surface area contributed by atoms with Gasteiger partial charge in [0.15, 0.2) is 0 Å². The Labute approximate surface area is 309 Å². The van der Waals surface area contributed by atoms with Crippen molar-refractivity contribution in [2.24, 2.45) is 0 Å². The van der Waals surface area contributed by atoms with Gasteiger partial charge < -0.3 is 14.2 Å². The maximum absolute atomic E-state index is 5.76. The number of para-hydroxylation sites is 2. The lowest BCUT2D eigenvalue weighted by Crippen LogP contribution is -2.09. The average Bonchev–Trinajstić information content (AvgIpc) is 3.84. The van der Waals surface area contributed by atoms with E-state index >= 15 is 0 Å². The second-order valence-electron chi connectivity index (χ2n) is 13.7. The summed E-state index contributed by atoms with van der Waals surface area (Å²) >= 11 is 0. The Morgan fingerprint density at radius 3 is 1.55 bits per heavy atom. The second kappa shape index (κ2) is 13.0. The number of anilines is 3. The normalized spacial score (nSPS) is 12.2. The molecule has 3 nitrogen and oxygen atoms in total. The van der Waals surface area contributed by atoms with Crippen LogP contribution in [0.4, 0.5) is 17.1 Å². The number of hydrogen-bond acceptors (Lipinski definition) is 2. The molecule has 0 saturated heterocycles. The number of benzene rings is 8. The van der Waals surface area contributed by atoms with Crippen LogP contribution in [0, 0.1) is 0 Å². The highest BCUT2D eigenvalue weighted by Gasteiger charge is 2.17. The molecular weight excluding hydrogens is 645 g/mol. The molecule has 1 aliphatic rings. The second-order valence-corrected chi connectivity index (χ2v) is 13.7. The third-order valence-corrected chi connectivity index (χ3v) is 10.5. The van der Waals surface area contributed by atoms with Crippen LogP contribution >= 0.6 is 0 Å². The van der Waals surface area contributed by atoms with Crippen molar-refractivity contribution in [3.63, 3.8) is 0 Å². The molecule has 0 radical (unpaired) electrons. The van der Waals surface area contributed by atoms with E-state index in [1.165, 1.54) is 66.4 Å². The molecule has 8 aromatic carbocycles. The molecule has 0 atom stereocenters. The van der Waals surface area contributed by atoms with Crippen molar-refractivity contribution in [2.45, 2.75) is 6.42 Å². The summed E-state index contributed by atoms with van der Waals surface area (Å²) in [6.45, 7) is 0.766. The van der Waals surface area contributed by atoms with Gasteiger partial charge >= 0.3 is 0 Å². The molecule has 10 rings (SSSR count). The average molecular weight is 681 g/mol. The Bertz CT molecular complexity index is 2710. The van der Waals surface area contributed by atoms with Crippen molar-refractivity contribution in [3.8, 4) is 44.8 Å². The zero-order valence-corrected chi connectivity index (χ0v) is 29.2. The molecule has 0 aliphatic carbocycles. The van der Waals surface area contributed by atoms with Crippen LogP contribution in [0.2, 0.25) is 0 Å². The van der Waals surface area contributed by atoms with Crippen LogP contribution in [0.25, 0.3) is 60.9 Å². The van der Waals surface area contributed by atoms with Crippen LogP contribution < -0.4 is 9.64 Å². The summed E-state index contributed by atoms with van der Waals surface area (Å²) in [6, 6.07) is 70.1. The van der Waals surface area contributed by atoms with Crippen molar-refractivity contribution < 1.29 is 4.74 Å². The SMILES string of the molecule is c1ccc(-c2ccc(N(c3ccc(-c4ccc5c(c4)CCO5)cc3)c3ccc(-c4ccc5c(c4)c4ccccc4n5-c4ccccc4)cc3)cc2)cc1. The van der Waals surface area contributed by atoms with E-state index in [0.29, 0.717) is 0 Å². The lowest BCUT2D eigenvalue weighted by atomic mass is 10.0. The van der Waals surface area contributed by atoms with Crippen molar-refractivity contribution in [1.82, 2.24) is 4.57 Å². The van der Waals surface area contributed by atoms with Crippen molar-refractivity contribution in [1.29, 1.82) is 0 Å². The first-order valence-electron chi connectivity index (χ1n) is 18.3. The summed E-state index contributed by atoms with van der Waals surface area (Å²) in [6.07, 6.45) is 0.967. The number of aromatic nitrogens is 1. The molecule has 0 amide bonds. The van der Waals surface area contributed by atoms with Gasteiger partial charge in [-0.25, -0.2) is 0 Å². The predicted molar refractivity (Wildman–Crippen MR) is 221 cm³/mol. The van der Waals surface area contributed by atoms with E-state index in [0.717, 1.165) is 35.8 Å². The minimum absolute atomic E-state index is 0.766. The van der Waals surface area contributed by atoms with Gasteiger partial charge in [-0.3, -0.25) is 0 Å². The van der Waals surface area contributed by atoms with Gasteiger partial charge in [0.2, 0.25) is 0 Å². The molecule has 2 heterocycles. The third-order valence-electron chi connectivity index (χ3n) is 10.5. The van der Waals surface area contributed by atoms with Gasteiger partial charge in [-0.1, -0.05) is 115 Å². The van der Waals surface area contributed by atoms with Gasteiger partial charge in [0.05, 0.1) is 17.6 Å². The van der Waals surface area contributed by atoms with E-state index in [4.69, 9.17) is 4.74 Å². The van der Waals surface area contributed by atoms with E-state index in [9.17, 15) is 0 Å². The van der Waals surface area contributed by atoms with Gasteiger partial charge in [-0.15, -0.1) is 0 Å². The molecule has 53 heavy (non-hydrogen) atoms. The van der Waals surface area contributed by atoms with Crippen LogP contribution in [0.15, 0.2) is 194 Å². The van der Waals surface area contributed by atoms with Gasteiger partial charge in [0.1, 0.15) is 5.75 Å².